The van der Waals surface area contributed by atoms with Crippen molar-refractivity contribution in [3.63, 3.8) is 0 Å². The highest BCUT2D eigenvalue weighted by Gasteiger charge is 2.40. The SMILES string of the molecule is OC[C@@H](c1ccc(C(F)(F)F)cc1C(F)(F)F)N1CCNCC1. The van der Waals surface area contributed by atoms with Crippen LogP contribution >= 0.6 is 0 Å². The van der Waals surface area contributed by atoms with E-state index in [4.69, 9.17) is 0 Å². The number of nitrogens with one attached hydrogen (secondary N) is 1. The zero-order valence-corrected chi connectivity index (χ0v) is 12.0. The number of halogens is 6. The third kappa shape index (κ3) is 4.15. The summed E-state index contributed by atoms with van der Waals surface area (Å²) in [5.41, 5.74) is -3.05. The van der Waals surface area contributed by atoms with E-state index in [9.17, 15) is 31.4 Å². The van der Waals surface area contributed by atoms with Crippen LogP contribution in [-0.4, -0.2) is 42.8 Å². The molecule has 2 N–H and O–H groups in total. The second-order valence-electron chi connectivity index (χ2n) is 5.28. The minimum atomic E-state index is -4.93. The molecule has 130 valence electrons. The van der Waals surface area contributed by atoms with Gasteiger partial charge in [0.25, 0.3) is 0 Å². The normalized spacial score (nSPS) is 18.9. The number of nitrogens with zero attached hydrogens (tertiary/aromatic N) is 1. The first-order valence-corrected chi connectivity index (χ1v) is 6.98. The Hall–Kier alpha value is -1.32. The zero-order chi connectivity index (χ0) is 17.3. The van der Waals surface area contributed by atoms with Crippen LogP contribution in [0.1, 0.15) is 22.7 Å². The maximum absolute atomic E-state index is 13.2. The second kappa shape index (κ2) is 6.66. The van der Waals surface area contributed by atoms with E-state index in [1.807, 2.05) is 0 Å². The van der Waals surface area contributed by atoms with Crippen molar-refractivity contribution in [1.29, 1.82) is 0 Å². The van der Waals surface area contributed by atoms with Gasteiger partial charge in [-0.2, -0.15) is 26.3 Å². The quantitative estimate of drug-likeness (QED) is 0.829. The summed E-state index contributed by atoms with van der Waals surface area (Å²) in [6, 6.07) is 0.556. The third-order valence-corrected chi connectivity index (χ3v) is 3.81. The van der Waals surface area contributed by atoms with Crippen molar-refractivity contribution in [2.24, 2.45) is 0 Å². The Morgan fingerprint density at radius 2 is 1.65 bits per heavy atom. The molecule has 3 nitrogen and oxygen atoms in total. The smallest absolute Gasteiger partial charge is 0.394 e. The molecule has 0 spiro atoms. The van der Waals surface area contributed by atoms with Crippen LogP contribution in [0.4, 0.5) is 26.3 Å². The average Bonchev–Trinajstić information content (AvgIpc) is 2.47. The Bertz CT molecular complexity index is 537. The molecule has 1 aromatic carbocycles. The molecule has 0 saturated carbocycles. The van der Waals surface area contributed by atoms with Gasteiger partial charge in [-0.05, 0) is 17.7 Å². The Kier molecular flexibility index (Phi) is 5.22. The number of piperazine rings is 1. The monoisotopic (exact) mass is 342 g/mol. The van der Waals surface area contributed by atoms with E-state index in [1.165, 1.54) is 0 Å². The summed E-state index contributed by atoms with van der Waals surface area (Å²) in [4.78, 5) is 1.63. The van der Waals surface area contributed by atoms with Crippen LogP contribution in [0.5, 0.6) is 0 Å². The minimum Gasteiger partial charge on any atom is -0.394 e. The van der Waals surface area contributed by atoms with E-state index in [0.717, 1.165) is 6.07 Å². The molecule has 23 heavy (non-hydrogen) atoms. The topological polar surface area (TPSA) is 35.5 Å². The molecular formula is C14H16F6N2O. The van der Waals surface area contributed by atoms with Crippen LogP contribution in [0.3, 0.4) is 0 Å². The molecule has 0 unspecified atom stereocenters. The van der Waals surface area contributed by atoms with Gasteiger partial charge in [0, 0.05) is 26.2 Å². The van der Waals surface area contributed by atoms with Crippen molar-refractivity contribution in [2.75, 3.05) is 32.8 Å². The van der Waals surface area contributed by atoms with Crippen molar-refractivity contribution in [3.8, 4) is 0 Å². The van der Waals surface area contributed by atoms with Gasteiger partial charge in [-0.25, -0.2) is 0 Å². The first-order valence-electron chi connectivity index (χ1n) is 6.98. The van der Waals surface area contributed by atoms with Crippen LogP contribution in [0, 0.1) is 0 Å². The van der Waals surface area contributed by atoms with E-state index in [-0.39, 0.29) is 11.6 Å². The summed E-state index contributed by atoms with van der Waals surface area (Å²) in [6.45, 7) is 1.29. The molecule has 0 amide bonds. The van der Waals surface area contributed by atoms with Crippen molar-refractivity contribution in [2.45, 2.75) is 18.4 Å². The van der Waals surface area contributed by atoms with Gasteiger partial charge in [0.2, 0.25) is 0 Å². The molecule has 0 radical (unpaired) electrons. The molecule has 1 fully saturated rings. The van der Waals surface area contributed by atoms with Gasteiger partial charge in [0.15, 0.2) is 0 Å². The lowest BCUT2D eigenvalue weighted by molar-refractivity contribution is -0.143. The molecule has 1 aromatic rings. The summed E-state index contributed by atoms with van der Waals surface area (Å²) in [5, 5.41) is 12.5. The van der Waals surface area contributed by atoms with Crippen molar-refractivity contribution >= 4 is 0 Å². The van der Waals surface area contributed by atoms with E-state index in [0.29, 0.717) is 32.2 Å². The van der Waals surface area contributed by atoms with Gasteiger partial charge >= 0.3 is 12.4 Å². The Labute approximate surface area is 128 Å². The summed E-state index contributed by atoms with van der Waals surface area (Å²) in [5.74, 6) is 0. The lowest BCUT2D eigenvalue weighted by Gasteiger charge is -2.35. The fourth-order valence-electron chi connectivity index (χ4n) is 2.67. The number of benzene rings is 1. The Morgan fingerprint density at radius 3 is 2.13 bits per heavy atom. The highest BCUT2D eigenvalue weighted by atomic mass is 19.4. The molecule has 9 heteroatoms. The fourth-order valence-corrected chi connectivity index (χ4v) is 2.67. The predicted molar refractivity (Wildman–Crippen MR) is 70.7 cm³/mol. The number of aliphatic hydroxyl groups excluding tert-OH is 1. The Morgan fingerprint density at radius 1 is 1.04 bits per heavy atom. The van der Waals surface area contributed by atoms with E-state index >= 15 is 0 Å². The van der Waals surface area contributed by atoms with Crippen LogP contribution in [0.25, 0.3) is 0 Å². The van der Waals surface area contributed by atoms with E-state index in [1.54, 1.807) is 4.90 Å². The van der Waals surface area contributed by atoms with Crippen molar-refractivity contribution < 1.29 is 31.4 Å². The molecule has 1 saturated heterocycles. The highest BCUT2D eigenvalue weighted by molar-refractivity contribution is 5.37. The molecule has 1 aliphatic rings. The molecule has 1 aliphatic heterocycles. The van der Waals surface area contributed by atoms with Crippen LogP contribution < -0.4 is 5.32 Å². The molecular weight excluding hydrogens is 326 g/mol. The largest absolute Gasteiger partial charge is 0.416 e. The summed E-state index contributed by atoms with van der Waals surface area (Å²) in [7, 11) is 0. The predicted octanol–water partition coefficient (Wildman–Crippen LogP) is 2.66. The number of aliphatic hydroxyl groups is 1. The highest BCUT2D eigenvalue weighted by Crippen LogP contribution is 2.40. The molecule has 0 aliphatic carbocycles. The number of rotatable bonds is 3. The standard InChI is InChI=1S/C14H16F6N2O/c15-13(16,17)9-1-2-10(11(7-9)14(18,19)20)12(8-23)22-5-3-21-4-6-22/h1-2,7,12,21,23H,3-6,8H2/t12-/m0/s1. The Balaban J connectivity index is 2.47. The molecule has 0 bridgehead atoms. The van der Waals surface area contributed by atoms with Gasteiger partial charge in [-0.1, -0.05) is 6.07 Å². The molecule has 2 rings (SSSR count). The number of hydrogen-bond donors (Lipinski definition) is 2. The van der Waals surface area contributed by atoms with Gasteiger partial charge in [0.1, 0.15) is 0 Å². The molecule has 1 atom stereocenters. The lowest BCUT2D eigenvalue weighted by Crippen LogP contribution is -2.46. The van der Waals surface area contributed by atoms with Crippen molar-refractivity contribution in [3.05, 3.63) is 34.9 Å². The van der Waals surface area contributed by atoms with Gasteiger partial charge in [0.05, 0.1) is 23.8 Å². The average molecular weight is 342 g/mol. The zero-order valence-electron chi connectivity index (χ0n) is 12.0. The second-order valence-corrected chi connectivity index (χ2v) is 5.28. The molecule has 0 aromatic heterocycles. The van der Waals surface area contributed by atoms with Gasteiger partial charge < -0.3 is 10.4 Å². The summed E-state index contributed by atoms with van der Waals surface area (Å²) >= 11 is 0. The first kappa shape index (κ1) is 18.0. The number of hydrogen-bond acceptors (Lipinski definition) is 3. The maximum Gasteiger partial charge on any atom is 0.416 e. The van der Waals surface area contributed by atoms with Crippen molar-refractivity contribution in [1.82, 2.24) is 10.2 Å². The van der Waals surface area contributed by atoms with Crippen LogP contribution in [0.2, 0.25) is 0 Å². The van der Waals surface area contributed by atoms with Crippen LogP contribution in [-0.2, 0) is 12.4 Å². The van der Waals surface area contributed by atoms with E-state index < -0.39 is 36.1 Å². The van der Waals surface area contributed by atoms with Gasteiger partial charge in [-0.15, -0.1) is 0 Å². The minimum absolute atomic E-state index is 0.111. The fraction of sp³-hybridized carbons (Fsp3) is 0.571. The third-order valence-electron chi connectivity index (χ3n) is 3.81. The van der Waals surface area contributed by atoms with Gasteiger partial charge in [-0.3, -0.25) is 4.90 Å². The van der Waals surface area contributed by atoms with Crippen LogP contribution in [0.15, 0.2) is 18.2 Å². The maximum atomic E-state index is 13.2. The summed E-state index contributed by atoms with van der Waals surface area (Å²) < 4.78 is 77.7. The first-order chi connectivity index (χ1) is 10.6. The molecule has 1 heterocycles. The number of alkyl halides is 6. The lowest BCUT2D eigenvalue weighted by atomic mass is 9.96. The van der Waals surface area contributed by atoms with E-state index in [2.05, 4.69) is 5.32 Å². The summed E-state index contributed by atoms with van der Waals surface area (Å²) in [6.07, 6.45) is -9.79.